The van der Waals surface area contributed by atoms with Crippen LogP contribution in [0.3, 0.4) is 0 Å². The molecule has 1 aromatic heterocycles. The number of hydrogen-bond acceptors (Lipinski definition) is 3. The lowest BCUT2D eigenvalue weighted by Gasteiger charge is -2.21. The van der Waals surface area contributed by atoms with Crippen LogP contribution < -0.4 is 5.73 Å². The van der Waals surface area contributed by atoms with Crippen molar-refractivity contribution >= 4 is 5.78 Å². The first-order valence-corrected chi connectivity index (χ1v) is 9.37. The van der Waals surface area contributed by atoms with E-state index < -0.39 is 5.54 Å². The molecule has 2 rings (SSSR count). The summed E-state index contributed by atoms with van der Waals surface area (Å²) in [6.45, 7) is 6.03. The van der Waals surface area contributed by atoms with Crippen LogP contribution in [0.15, 0.2) is 30.3 Å². The molecule has 0 bridgehead atoms. The third kappa shape index (κ3) is 5.29. The lowest BCUT2D eigenvalue weighted by atomic mass is 9.97. The van der Waals surface area contributed by atoms with Crippen LogP contribution in [0.4, 0.5) is 0 Å². The van der Waals surface area contributed by atoms with Gasteiger partial charge in [-0.05, 0) is 69.7 Å². The Balaban J connectivity index is 1.91. The van der Waals surface area contributed by atoms with E-state index >= 15 is 0 Å². The summed E-state index contributed by atoms with van der Waals surface area (Å²) < 4.78 is 1.97. The molecule has 0 spiro atoms. The van der Waals surface area contributed by atoms with Crippen LogP contribution in [0.25, 0.3) is 0 Å². The molecule has 0 saturated heterocycles. The minimum absolute atomic E-state index is 0.0400. The number of ketones is 1. The Bertz CT molecular complexity index is 759. The Morgan fingerprint density at radius 1 is 1.19 bits per heavy atom. The molecule has 0 amide bonds. The van der Waals surface area contributed by atoms with E-state index in [4.69, 9.17) is 5.73 Å². The lowest BCUT2D eigenvalue weighted by molar-refractivity contribution is 0.0972. The van der Waals surface area contributed by atoms with Crippen molar-refractivity contribution in [3.8, 4) is 0 Å². The van der Waals surface area contributed by atoms with Gasteiger partial charge in [0.25, 0.3) is 0 Å². The normalized spacial score (nSPS) is 13.6. The maximum Gasteiger partial charge on any atom is 0.179 e. The molecule has 0 aliphatic heterocycles. The summed E-state index contributed by atoms with van der Waals surface area (Å²) >= 11 is 0. The second-order valence-corrected chi connectivity index (χ2v) is 7.79. The summed E-state index contributed by atoms with van der Waals surface area (Å²) in [5.74, 6) is 0.182. The lowest BCUT2D eigenvalue weighted by Crippen LogP contribution is -2.40. The summed E-state index contributed by atoms with van der Waals surface area (Å²) in [5.41, 5.74) is 11.1. The standard InChI is InChI=1S/C22H32N2O2/c1-16-8-9-18(17(2)14-16)6-5-7-21(26)20-11-10-19(24(20)4)12-13-22(3,23)15-25/h8-11,14,25H,5-7,12-13,15,23H2,1-4H3. The summed E-state index contributed by atoms with van der Waals surface area (Å²) in [6.07, 6.45) is 3.77. The van der Waals surface area contributed by atoms with Gasteiger partial charge in [0, 0.05) is 24.7 Å². The van der Waals surface area contributed by atoms with Crippen molar-refractivity contribution in [2.75, 3.05) is 6.61 Å². The Morgan fingerprint density at radius 3 is 2.58 bits per heavy atom. The fourth-order valence-corrected chi connectivity index (χ4v) is 3.27. The molecule has 1 heterocycles. The molecule has 1 atom stereocenters. The molecule has 2 aromatic rings. The number of nitrogens with zero attached hydrogens (tertiary/aromatic N) is 1. The summed E-state index contributed by atoms with van der Waals surface area (Å²) in [7, 11) is 1.93. The Morgan fingerprint density at radius 2 is 1.92 bits per heavy atom. The van der Waals surface area contributed by atoms with Gasteiger partial charge in [0.2, 0.25) is 0 Å². The van der Waals surface area contributed by atoms with Gasteiger partial charge in [-0.2, -0.15) is 0 Å². The zero-order valence-corrected chi connectivity index (χ0v) is 16.5. The highest BCUT2D eigenvalue weighted by atomic mass is 16.3. The second-order valence-electron chi connectivity index (χ2n) is 7.79. The van der Waals surface area contributed by atoms with Gasteiger partial charge >= 0.3 is 0 Å². The van der Waals surface area contributed by atoms with Crippen molar-refractivity contribution in [3.05, 3.63) is 58.4 Å². The highest BCUT2D eigenvalue weighted by Gasteiger charge is 2.19. The predicted octanol–water partition coefficient (Wildman–Crippen LogP) is 3.49. The summed E-state index contributed by atoms with van der Waals surface area (Å²) in [5, 5.41) is 9.27. The molecule has 0 saturated carbocycles. The number of aliphatic hydroxyl groups is 1. The van der Waals surface area contributed by atoms with Crippen molar-refractivity contribution in [2.45, 2.75) is 58.4 Å². The van der Waals surface area contributed by atoms with Crippen molar-refractivity contribution in [1.82, 2.24) is 4.57 Å². The van der Waals surface area contributed by atoms with Gasteiger partial charge in [-0.25, -0.2) is 0 Å². The average Bonchev–Trinajstić information content (AvgIpc) is 2.96. The summed E-state index contributed by atoms with van der Waals surface area (Å²) in [6, 6.07) is 10.4. The molecule has 0 aliphatic carbocycles. The van der Waals surface area contributed by atoms with Crippen LogP contribution in [0.1, 0.15) is 59.1 Å². The molecule has 0 fully saturated rings. The van der Waals surface area contributed by atoms with Gasteiger partial charge < -0.3 is 15.4 Å². The van der Waals surface area contributed by atoms with Crippen LogP contribution >= 0.6 is 0 Å². The van der Waals surface area contributed by atoms with Gasteiger partial charge in [-0.3, -0.25) is 4.79 Å². The van der Waals surface area contributed by atoms with E-state index in [9.17, 15) is 9.90 Å². The molecular weight excluding hydrogens is 324 g/mol. The van der Waals surface area contributed by atoms with Gasteiger partial charge in [0.05, 0.1) is 12.3 Å². The van der Waals surface area contributed by atoms with Crippen molar-refractivity contribution in [3.63, 3.8) is 0 Å². The molecule has 1 unspecified atom stereocenters. The maximum atomic E-state index is 12.6. The quantitative estimate of drug-likeness (QED) is 0.676. The number of aromatic nitrogens is 1. The zero-order chi connectivity index (χ0) is 19.3. The van der Waals surface area contributed by atoms with Crippen molar-refractivity contribution in [2.24, 2.45) is 12.8 Å². The number of aliphatic hydroxyl groups excluding tert-OH is 1. The van der Waals surface area contributed by atoms with Crippen molar-refractivity contribution in [1.29, 1.82) is 0 Å². The number of hydrogen-bond donors (Lipinski definition) is 2. The molecule has 4 nitrogen and oxygen atoms in total. The number of carbonyl (C=O) groups excluding carboxylic acids is 1. The van der Waals surface area contributed by atoms with Gasteiger partial charge in [0.1, 0.15) is 0 Å². The van der Waals surface area contributed by atoms with E-state index in [0.717, 1.165) is 30.7 Å². The fourth-order valence-electron chi connectivity index (χ4n) is 3.27. The monoisotopic (exact) mass is 356 g/mol. The summed E-state index contributed by atoms with van der Waals surface area (Å²) in [4.78, 5) is 12.6. The minimum atomic E-state index is -0.583. The van der Waals surface area contributed by atoms with Crippen LogP contribution in [0.5, 0.6) is 0 Å². The highest BCUT2D eigenvalue weighted by Crippen LogP contribution is 2.17. The van der Waals surface area contributed by atoms with E-state index in [1.807, 2.05) is 30.7 Å². The van der Waals surface area contributed by atoms with E-state index in [0.29, 0.717) is 12.8 Å². The predicted molar refractivity (Wildman–Crippen MR) is 107 cm³/mol. The first-order chi connectivity index (χ1) is 12.2. The number of Topliss-reactive ketones (excluding diaryl/α,β-unsaturated/α-hetero) is 1. The third-order valence-electron chi connectivity index (χ3n) is 5.17. The molecule has 3 N–H and O–H groups in total. The molecule has 142 valence electrons. The number of aryl methyl sites for hydroxylation is 4. The maximum absolute atomic E-state index is 12.6. The largest absolute Gasteiger partial charge is 0.394 e. The van der Waals surface area contributed by atoms with Gasteiger partial charge in [0.15, 0.2) is 5.78 Å². The Kier molecular flexibility index (Phi) is 6.79. The number of rotatable bonds is 9. The molecule has 1 aromatic carbocycles. The van der Waals surface area contributed by atoms with Crippen LogP contribution in [0, 0.1) is 13.8 Å². The van der Waals surface area contributed by atoms with Crippen LogP contribution in [0.2, 0.25) is 0 Å². The van der Waals surface area contributed by atoms with E-state index in [-0.39, 0.29) is 12.4 Å². The Hall–Kier alpha value is -1.91. The third-order valence-corrected chi connectivity index (χ3v) is 5.17. The topological polar surface area (TPSA) is 68.2 Å². The Labute approximate surface area is 157 Å². The number of carbonyl (C=O) groups is 1. The fraction of sp³-hybridized carbons (Fsp3) is 0.500. The zero-order valence-electron chi connectivity index (χ0n) is 16.5. The molecular formula is C22H32N2O2. The molecule has 0 radical (unpaired) electrons. The van der Waals surface area contributed by atoms with E-state index in [2.05, 4.69) is 32.0 Å². The van der Waals surface area contributed by atoms with Crippen LogP contribution in [-0.4, -0.2) is 27.6 Å². The smallest absolute Gasteiger partial charge is 0.179 e. The van der Waals surface area contributed by atoms with Gasteiger partial charge in [-0.15, -0.1) is 0 Å². The van der Waals surface area contributed by atoms with E-state index in [1.165, 1.54) is 16.7 Å². The first kappa shape index (κ1) is 20.4. The average molecular weight is 357 g/mol. The molecule has 26 heavy (non-hydrogen) atoms. The van der Waals surface area contributed by atoms with Crippen molar-refractivity contribution < 1.29 is 9.90 Å². The molecule has 0 aliphatic rings. The minimum Gasteiger partial charge on any atom is -0.394 e. The highest BCUT2D eigenvalue weighted by molar-refractivity contribution is 5.94. The number of benzene rings is 1. The van der Waals surface area contributed by atoms with E-state index in [1.54, 1.807) is 0 Å². The first-order valence-electron chi connectivity index (χ1n) is 9.37. The van der Waals surface area contributed by atoms with Gasteiger partial charge in [-0.1, -0.05) is 23.8 Å². The van der Waals surface area contributed by atoms with Crippen LogP contribution in [-0.2, 0) is 19.9 Å². The molecule has 4 heteroatoms. The second kappa shape index (κ2) is 8.65. The SMILES string of the molecule is Cc1ccc(CCCC(=O)c2ccc(CCC(C)(N)CO)n2C)c(C)c1. The number of nitrogens with two attached hydrogens (primary N) is 1.